The van der Waals surface area contributed by atoms with E-state index in [2.05, 4.69) is 55.7 Å². The summed E-state index contributed by atoms with van der Waals surface area (Å²) in [6.07, 6.45) is 3.15. The third kappa shape index (κ3) is 6.65. The molecule has 1 atom stereocenters. The van der Waals surface area contributed by atoms with Crippen molar-refractivity contribution in [2.75, 3.05) is 18.1 Å². The Hall–Kier alpha value is -2.25. The van der Waals surface area contributed by atoms with Gasteiger partial charge in [-0.25, -0.2) is 12.8 Å². The summed E-state index contributed by atoms with van der Waals surface area (Å²) in [5.74, 6) is -0.884. The second kappa shape index (κ2) is 9.98. The van der Waals surface area contributed by atoms with Crippen molar-refractivity contribution in [1.82, 2.24) is 5.32 Å². The van der Waals surface area contributed by atoms with Crippen LogP contribution in [0.3, 0.4) is 0 Å². The van der Waals surface area contributed by atoms with E-state index in [1.165, 1.54) is 11.6 Å². The van der Waals surface area contributed by atoms with Gasteiger partial charge in [-0.3, -0.25) is 4.79 Å². The third-order valence-electron chi connectivity index (χ3n) is 4.67. The molecular formula is C22H29FN2O3S. The molecule has 5 nitrogen and oxygen atoms in total. The highest BCUT2D eigenvalue weighted by Gasteiger charge is 2.18. The van der Waals surface area contributed by atoms with Crippen LogP contribution < -0.4 is 10.6 Å². The number of carbonyl (C=O) groups excluding carboxylic acids is 1. The number of amides is 1. The lowest BCUT2D eigenvalue weighted by molar-refractivity contribution is -0.115. The zero-order valence-corrected chi connectivity index (χ0v) is 18.1. The monoisotopic (exact) mass is 420 g/mol. The average Bonchev–Trinajstić information content (AvgIpc) is 2.64. The summed E-state index contributed by atoms with van der Waals surface area (Å²) in [7, 11) is -3.49. The van der Waals surface area contributed by atoms with E-state index in [4.69, 9.17) is 0 Å². The summed E-state index contributed by atoms with van der Waals surface area (Å²) in [4.78, 5) is 12.3. The average molecular weight is 421 g/mol. The Morgan fingerprint density at radius 3 is 2.31 bits per heavy atom. The second-order valence-corrected chi connectivity index (χ2v) is 9.57. The first-order chi connectivity index (χ1) is 13.6. The first kappa shape index (κ1) is 23.0. The van der Waals surface area contributed by atoms with Crippen LogP contribution in [0.5, 0.6) is 0 Å². The topological polar surface area (TPSA) is 75.3 Å². The van der Waals surface area contributed by atoms with Crippen molar-refractivity contribution < 1.29 is 17.6 Å². The van der Waals surface area contributed by atoms with E-state index in [1.807, 2.05) is 0 Å². The van der Waals surface area contributed by atoms with Crippen molar-refractivity contribution in [3.8, 4) is 0 Å². The lowest BCUT2D eigenvalue weighted by atomic mass is 9.94. The van der Waals surface area contributed by atoms with Gasteiger partial charge in [-0.05, 0) is 41.7 Å². The Bertz CT molecular complexity index is 941. The largest absolute Gasteiger partial charge is 0.322 e. The second-order valence-electron chi connectivity index (χ2n) is 7.56. The molecule has 0 aliphatic carbocycles. The fourth-order valence-corrected chi connectivity index (χ4v) is 3.79. The quantitative estimate of drug-likeness (QED) is 0.599. The van der Waals surface area contributed by atoms with Gasteiger partial charge in [-0.1, -0.05) is 51.5 Å². The number of carbonyl (C=O) groups is 1. The molecule has 0 aliphatic heterocycles. The summed E-state index contributed by atoms with van der Waals surface area (Å²) < 4.78 is 37.3. The van der Waals surface area contributed by atoms with Crippen molar-refractivity contribution >= 4 is 21.4 Å². The zero-order chi connectivity index (χ0) is 21.6. The van der Waals surface area contributed by atoms with E-state index in [1.54, 1.807) is 0 Å². The van der Waals surface area contributed by atoms with Crippen molar-refractivity contribution in [1.29, 1.82) is 0 Å². The van der Waals surface area contributed by atoms with Gasteiger partial charge < -0.3 is 10.6 Å². The SMILES string of the molecule is CCCc1ccc([C@@H](NCC(=O)Nc2cc(S(C)(=O)=O)ccc2F)C(C)C)cc1. The molecule has 0 heterocycles. The van der Waals surface area contributed by atoms with Crippen LogP contribution in [0.4, 0.5) is 10.1 Å². The summed E-state index contributed by atoms with van der Waals surface area (Å²) in [5, 5.41) is 5.67. The fraction of sp³-hybridized carbons (Fsp3) is 0.409. The number of aryl methyl sites for hydroxylation is 1. The molecular weight excluding hydrogens is 391 g/mol. The van der Waals surface area contributed by atoms with Crippen LogP contribution in [0, 0.1) is 11.7 Å². The summed E-state index contributed by atoms with van der Waals surface area (Å²) in [6, 6.07) is 11.6. The number of benzene rings is 2. The molecule has 2 aromatic carbocycles. The first-order valence-electron chi connectivity index (χ1n) is 9.73. The Labute approximate surface area is 172 Å². The molecule has 1 amide bonds. The number of rotatable bonds is 9. The zero-order valence-electron chi connectivity index (χ0n) is 17.3. The van der Waals surface area contributed by atoms with Gasteiger partial charge in [0.15, 0.2) is 9.84 Å². The van der Waals surface area contributed by atoms with Crippen LogP contribution in [-0.2, 0) is 21.1 Å². The van der Waals surface area contributed by atoms with Crippen molar-refractivity contribution in [2.45, 2.75) is 44.6 Å². The minimum absolute atomic E-state index is 0.0257. The van der Waals surface area contributed by atoms with E-state index in [9.17, 15) is 17.6 Å². The molecule has 0 aliphatic rings. The predicted molar refractivity (Wildman–Crippen MR) is 114 cm³/mol. The normalized spacial score (nSPS) is 12.8. The molecule has 0 fully saturated rings. The minimum atomic E-state index is -3.49. The van der Waals surface area contributed by atoms with Crippen LogP contribution >= 0.6 is 0 Å². The van der Waals surface area contributed by atoms with Gasteiger partial charge in [0.05, 0.1) is 17.1 Å². The Morgan fingerprint density at radius 1 is 1.10 bits per heavy atom. The maximum Gasteiger partial charge on any atom is 0.238 e. The lowest BCUT2D eigenvalue weighted by Gasteiger charge is -2.23. The number of anilines is 1. The molecule has 29 heavy (non-hydrogen) atoms. The minimum Gasteiger partial charge on any atom is -0.322 e. The Morgan fingerprint density at radius 2 is 1.76 bits per heavy atom. The van der Waals surface area contributed by atoms with Gasteiger partial charge in [0, 0.05) is 12.3 Å². The molecule has 0 saturated heterocycles. The molecule has 0 saturated carbocycles. The fourth-order valence-electron chi connectivity index (χ4n) is 3.15. The van der Waals surface area contributed by atoms with Crippen LogP contribution in [0.25, 0.3) is 0 Å². The molecule has 0 radical (unpaired) electrons. The van der Waals surface area contributed by atoms with Gasteiger partial charge in [0.2, 0.25) is 5.91 Å². The predicted octanol–water partition coefficient (Wildman–Crippen LogP) is 4.11. The van der Waals surface area contributed by atoms with Gasteiger partial charge >= 0.3 is 0 Å². The van der Waals surface area contributed by atoms with Crippen LogP contribution in [0.15, 0.2) is 47.4 Å². The number of hydrogen-bond acceptors (Lipinski definition) is 4. The van der Waals surface area contributed by atoms with Crippen molar-refractivity contribution in [3.63, 3.8) is 0 Å². The number of nitrogens with one attached hydrogen (secondary N) is 2. The standard InChI is InChI=1S/C22H29FN2O3S/c1-5-6-16-7-9-17(10-8-16)22(15(2)3)24-14-21(26)25-20-13-18(29(4,27)28)11-12-19(20)23/h7-13,15,22,24H,5-6,14H2,1-4H3,(H,25,26)/t22-/m0/s1. The van der Waals surface area contributed by atoms with Crippen molar-refractivity contribution in [2.24, 2.45) is 5.92 Å². The van der Waals surface area contributed by atoms with E-state index in [0.29, 0.717) is 0 Å². The third-order valence-corrected chi connectivity index (χ3v) is 5.78. The van der Waals surface area contributed by atoms with Crippen LogP contribution in [-0.4, -0.2) is 27.1 Å². The summed E-state index contributed by atoms with van der Waals surface area (Å²) >= 11 is 0. The molecule has 158 valence electrons. The molecule has 2 aromatic rings. The highest BCUT2D eigenvalue weighted by atomic mass is 32.2. The molecule has 7 heteroatoms. The van der Waals surface area contributed by atoms with E-state index >= 15 is 0 Å². The summed E-state index contributed by atoms with van der Waals surface area (Å²) in [5.41, 5.74) is 2.21. The van der Waals surface area contributed by atoms with E-state index in [0.717, 1.165) is 36.8 Å². The Balaban J connectivity index is 2.06. The molecule has 0 aromatic heterocycles. The Kier molecular flexibility index (Phi) is 7.93. The lowest BCUT2D eigenvalue weighted by Crippen LogP contribution is -2.33. The number of halogens is 1. The van der Waals surface area contributed by atoms with Gasteiger partial charge in [0.25, 0.3) is 0 Å². The van der Waals surface area contributed by atoms with Crippen LogP contribution in [0.2, 0.25) is 0 Å². The van der Waals surface area contributed by atoms with E-state index < -0.39 is 21.6 Å². The van der Waals surface area contributed by atoms with Gasteiger partial charge in [-0.15, -0.1) is 0 Å². The smallest absolute Gasteiger partial charge is 0.238 e. The van der Waals surface area contributed by atoms with Gasteiger partial charge in [-0.2, -0.15) is 0 Å². The van der Waals surface area contributed by atoms with E-state index in [-0.39, 0.29) is 29.1 Å². The van der Waals surface area contributed by atoms with Gasteiger partial charge in [0.1, 0.15) is 5.82 Å². The highest BCUT2D eigenvalue weighted by molar-refractivity contribution is 7.90. The highest BCUT2D eigenvalue weighted by Crippen LogP contribution is 2.23. The maximum atomic E-state index is 14.0. The molecule has 0 unspecified atom stereocenters. The van der Waals surface area contributed by atoms with Crippen molar-refractivity contribution in [3.05, 3.63) is 59.4 Å². The molecule has 0 spiro atoms. The number of hydrogen-bond donors (Lipinski definition) is 2. The first-order valence-corrected chi connectivity index (χ1v) is 11.6. The van der Waals surface area contributed by atoms with Crippen LogP contribution in [0.1, 0.15) is 44.4 Å². The molecule has 2 N–H and O–H groups in total. The number of sulfone groups is 1. The summed E-state index contributed by atoms with van der Waals surface area (Å²) in [6.45, 7) is 6.23. The maximum absolute atomic E-state index is 14.0. The molecule has 2 rings (SSSR count). The molecule has 0 bridgehead atoms.